The predicted octanol–water partition coefficient (Wildman–Crippen LogP) is 16.4. The van der Waals surface area contributed by atoms with Gasteiger partial charge in [-0.2, -0.15) is 0 Å². The normalized spacial score (nSPS) is 12.7. The minimum Gasteiger partial charge on any atom is -0.201 e. The van der Waals surface area contributed by atoms with Gasteiger partial charge in [0.15, 0.2) is 31.0 Å². The Balaban J connectivity index is 0.000000176. The van der Waals surface area contributed by atoms with Crippen LogP contribution in [0.4, 0.5) is 0 Å². The van der Waals surface area contributed by atoms with Crippen molar-refractivity contribution >= 4 is 0 Å². The Morgan fingerprint density at radius 3 is 1.28 bits per heavy atom. The van der Waals surface area contributed by atoms with Crippen molar-refractivity contribution in [1.82, 2.24) is 0 Å². The summed E-state index contributed by atoms with van der Waals surface area (Å²) in [6, 6.07) is 62.5. The Hall–Kier alpha value is -8.15. The third-order valence-corrected chi connectivity index (χ3v) is 15.2. The minimum atomic E-state index is -2.36. The lowest BCUT2D eigenvalue weighted by Gasteiger charge is -2.11. The van der Waals surface area contributed by atoms with Crippen LogP contribution in [0.25, 0.3) is 56.3 Å². The molecule has 0 aliphatic heterocycles. The van der Waals surface area contributed by atoms with E-state index in [1.54, 1.807) is 19.2 Å². The summed E-state index contributed by atoms with van der Waals surface area (Å²) < 4.78 is 56.7. The first-order chi connectivity index (χ1) is 41.6. The van der Waals surface area contributed by atoms with Crippen LogP contribution in [0, 0.1) is 34.6 Å². The molecule has 1 atom stereocenters. The largest absolute Gasteiger partial charge is 0.215 e. The van der Waals surface area contributed by atoms with Crippen LogP contribution >= 0.6 is 0 Å². The summed E-state index contributed by atoms with van der Waals surface area (Å²) in [4.78, 5) is 0. The first-order valence-electron chi connectivity index (χ1n) is 31.9. The van der Waals surface area contributed by atoms with Crippen LogP contribution in [0.1, 0.15) is 124 Å². The van der Waals surface area contributed by atoms with Gasteiger partial charge in [-0.3, -0.25) is 0 Å². The van der Waals surface area contributed by atoms with Crippen LogP contribution in [0.5, 0.6) is 0 Å². The van der Waals surface area contributed by atoms with Crippen LogP contribution in [-0.2, 0) is 54.5 Å². The molecule has 0 radical (unpaired) electrons. The van der Waals surface area contributed by atoms with Crippen LogP contribution in [-0.4, -0.2) is 0 Å². The Labute approximate surface area is 503 Å². The van der Waals surface area contributed by atoms with Gasteiger partial charge in [-0.25, -0.2) is 22.8 Å². The second-order valence-corrected chi connectivity index (χ2v) is 21.6. The highest BCUT2D eigenvalue weighted by Gasteiger charge is 2.20. The molecule has 10 aromatic rings. The summed E-state index contributed by atoms with van der Waals surface area (Å²) in [6.45, 7) is 20.2. The minimum absolute atomic E-state index is 0.488. The molecular formula is C77H94N5+5. The molecule has 0 aliphatic rings. The first kappa shape index (κ1) is 54.4. The zero-order valence-electron chi connectivity index (χ0n) is 57.9. The van der Waals surface area contributed by atoms with Crippen LogP contribution in [0.3, 0.4) is 0 Å². The maximum atomic E-state index is 8.16. The van der Waals surface area contributed by atoms with E-state index < -0.39 is 19.1 Å². The van der Waals surface area contributed by atoms with E-state index in [1.165, 1.54) is 85.2 Å². The average molecular weight is 1100 g/mol. The number of aromatic nitrogens is 5. The van der Waals surface area contributed by atoms with Crippen molar-refractivity contribution in [3.05, 3.63) is 269 Å². The van der Waals surface area contributed by atoms with E-state index in [-0.39, 0.29) is 0 Å². The number of pyridine rings is 5. The lowest BCUT2D eigenvalue weighted by Crippen LogP contribution is -2.32. The molecule has 0 amide bonds. The predicted molar refractivity (Wildman–Crippen MR) is 345 cm³/mol. The Kier molecular flexibility index (Phi) is 20.3. The van der Waals surface area contributed by atoms with E-state index in [0.29, 0.717) is 17.0 Å². The molecule has 0 aliphatic carbocycles. The third kappa shape index (κ3) is 16.5. The monoisotopic (exact) mass is 1090 g/mol. The van der Waals surface area contributed by atoms with E-state index in [2.05, 4.69) is 230 Å². The van der Waals surface area contributed by atoms with Gasteiger partial charge in [0.2, 0.25) is 28.5 Å². The van der Waals surface area contributed by atoms with Gasteiger partial charge in [-0.05, 0) is 154 Å². The van der Waals surface area contributed by atoms with Gasteiger partial charge in [0, 0.05) is 94.7 Å². The Morgan fingerprint density at radius 1 is 0.402 bits per heavy atom. The maximum Gasteiger partial charge on any atom is 0.215 e. The molecule has 422 valence electrons. The number of benzene rings is 5. The van der Waals surface area contributed by atoms with Crippen LogP contribution in [0.2, 0.25) is 0 Å². The molecule has 0 saturated carbocycles. The molecule has 0 spiro atoms. The van der Waals surface area contributed by atoms with E-state index in [9.17, 15) is 0 Å². The quantitative estimate of drug-likeness (QED) is 0.122. The van der Waals surface area contributed by atoms with Crippen molar-refractivity contribution in [2.45, 2.75) is 114 Å². The summed E-state index contributed by atoms with van der Waals surface area (Å²) in [5, 5.41) is 0. The summed E-state index contributed by atoms with van der Waals surface area (Å²) in [6.07, 6.45) is 10.8. The number of hydrogen-bond acceptors (Lipinski definition) is 0. The zero-order valence-corrected chi connectivity index (χ0v) is 51.9. The molecule has 0 saturated heterocycles. The molecule has 5 heteroatoms. The fourth-order valence-electron chi connectivity index (χ4n) is 10.3. The molecule has 0 bridgehead atoms. The van der Waals surface area contributed by atoms with Crippen molar-refractivity contribution in [1.29, 1.82) is 0 Å². The van der Waals surface area contributed by atoms with E-state index in [4.69, 9.17) is 8.22 Å². The molecule has 1 unspecified atom stereocenters. The van der Waals surface area contributed by atoms with Gasteiger partial charge in [0.1, 0.15) is 35.2 Å². The molecule has 5 aromatic heterocycles. The number of aryl methyl sites for hydroxylation is 13. The standard InChI is InChI=1S/2C16H20N.3C15H18N/c1-12(2)14-10-7-11-17(4)16(14)15-9-6-5-8-13(15)3;1-12(2)14-9-10-16(17(4)11-14)15-8-6-5-7-13(15)3;1-4-13-9-7-11-16(3)15(13)14-10-6-5-8-12(14)2;1-4-13-9-10-16(3)15(11-13)14-8-6-5-7-12(14)2;1-4-13-9-10-15(16(3)11-13)14-8-6-5-7-12(14)2/h2*5-12H,1-4H3;3*5-11H,4H2,1-3H3/q5*+1/i;1D3,12D;;;4D2. The number of rotatable bonds is 10. The molecule has 5 nitrogen and oxygen atoms in total. The van der Waals surface area contributed by atoms with E-state index in [1.807, 2.05) is 90.9 Å². The second-order valence-electron chi connectivity index (χ2n) is 21.6. The lowest BCUT2D eigenvalue weighted by molar-refractivity contribution is -0.661. The van der Waals surface area contributed by atoms with Crippen molar-refractivity contribution in [2.75, 3.05) is 0 Å². The highest BCUT2D eigenvalue weighted by atomic mass is 14.9. The highest BCUT2D eigenvalue weighted by Crippen LogP contribution is 2.29. The SMILES string of the molecule is CCc1cc[n+](C)c(-c2ccccc2C)c1.CCc1ccc[n+](C)c1-c1ccccc1C.Cc1ccccc1-c1c(C(C)C)ccc[n+]1C.[2H]C([2H])(C)c1ccc(-c2ccccc2C)[n+](C)c1.[2H]C([2H])([2H])C([2H])(C)c1ccc(-c2ccccc2C)[n+](C)c1. The third-order valence-electron chi connectivity index (χ3n) is 15.2. The van der Waals surface area contributed by atoms with Gasteiger partial charge in [-0.15, -0.1) is 0 Å². The molecule has 0 N–H and O–H groups in total. The zero-order chi connectivity index (χ0) is 64.7. The van der Waals surface area contributed by atoms with Gasteiger partial charge in [0.05, 0.1) is 0 Å². The van der Waals surface area contributed by atoms with E-state index >= 15 is 0 Å². The second kappa shape index (κ2) is 30.6. The van der Waals surface area contributed by atoms with Crippen LogP contribution in [0.15, 0.2) is 213 Å². The lowest BCUT2D eigenvalue weighted by atomic mass is 9.94. The summed E-state index contributed by atoms with van der Waals surface area (Å²) >= 11 is 0. The van der Waals surface area contributed by atoms with Crippen molar-refractivity contribution in [2.24, 2.45) is 35.2 Å². The van der Waals surface area contributed by atoms with E-state index in [0.717, 1.165) is 35.4 Å². The molecule has 82 heavy (non-hydrogen) atoms. The topological polar surface area (TPSA) is 19.4 Å². The summed E-state index contributed by atoms with van der Waals surface area (Å²) in [5.74, 6) is -1.08. The Bertz CT molecular complexity index is 3950. The number of hydrogen-bond donors (Lipinski definition) is 0. The fourth-order valence-corrected chi connectivity index (χ4v) is 10.3. The smallest absolute Gasteiger partial charge is 0.201 e. The molecular weight excluding hydrogens is 995 g/mol. The van der Waals surface area contributed by atoms with Gasteiger partial charge in [-0.1, -0.05) is 139 Å². The summed E-state index contributed by atoms with van der Waals surface area (Å²) in [5.41, 5.74) is 24.1. The highest BCUT2D eigenvalue weighted by molar-refractivity contribution is 5.66. The number of nitrogens with zero attached hydrogens (tertiary/aromatic N) is 5. The molecule has 10 rings (SSSR count). The van der Waals surface area contributed by atoms with Crippen molar-refractivity contribution in [3.8, 4) is 56.3 Å². The van der Waals surface area contributed by atoms with Gasteiger partial charge < -0.3 is 0 Å². The molecule has 0 fully saturated rings. The van der Waals surface area contributed by atoms with Crippen molar-refractivity contribution < 1.29 is 31.1 Å². The molecule has 5 aromatic carbocycles. The Morgan fingerprint density at radius 2 is 0.841 bits per heavy atom. The fraction of sp³-hybridized carbons (Fsp3) is 0.286. The van der Waals surface area contributed by atoms with Gasteiger partial charge in [0.25, 0.3) is 0 Å². The maximum absolute atomic E-state index is 8.16. The average Bonchev–Trinajstić information content (AvgIpc) is 1.91. The molecule has 5 heterocycles. The van der Waals surface area contributed by atoms with Crippen LogP contribution < -0.4 is 22.8 Å². The van der Waals surface area contributed by atoms with Crippen molar-refractivity contribution in [3.63, 3.8) is 0 Å². The summed E-state index contributed by atoms with van der Waals surface area (Å²) in [7, 11) is 10.2. The van der Waals surface area contributed by atoms with Gasteiger partial charge >= 0.3 is 0 Å². The first-order valence-corrected chi connectivity index (χ1v) is 28.9.